The number of halogens is 1. The molecule has 0 aliphatic heterocycles. The molecule has 0 aliphatic rings. The molecule has 0 saturated carbocycles. The summed E-state index contributed by atoms with van der Waals surface area (Å²) in [5, 5.41) is 9.81. The van der Waals surface area contributed by atoms with Crippen molar-refractivity contribution in [2.45, 2.75) is 20.0 Å². The van der Waals surface area contributed by atoms with Crippen molar-refractivity contribution in [2.75, 3.05) is 14.2 Å². The molecular weight excluding hydrogens is 400 g/mol. The fourth-order valence-corrected chi connectivity index (χ4v) is 2.96. The van der Waals surface area contributed by atoms with Crippen LogP contribution >= 0.6 is 11.6 Å². The molecule has 0 amide bonds. The van der Waals surface area contributed by atoms with Gasteiger partial charge in [0.2, 0.25) is 11.2 Å². The second-order valence-corrected chi connectivity index (χ2v) is 6.76. The van der Waals surface area contributed by atoms with Crippen LogP contribution in [-0.4, -0.2) is 31.4 Å². The third kappa shape index (κ3) is 3.86. The van der Waals surface area contributed by atoms with Gasteiger partial charge in [-0.05, 0) is 49.7 Å². The molecule has 3 aromatic rings. The van der Waals surface area contributed by atoms with Crippen molar-refractivity contribution in [3.8, 4) is 28.6 Å². The van der Waals surface area contributed by atoms with Crippen LogP contribution in [0.15, 0.2) is 39.5 Å². The first-order valence-electron chi connectivity index (χ1n) is 8.65. The van der Waals surface area contributed by atoms with E-state index in [0.717, 1.165) is 5.56 Å². The highest BCUT2D eigenvalue weighted by Crippen LogP contribution is 2.37. The Labute approximate surface area is 171 Å². The Morgan fingerprint density at radius 3 is 2.45 bits per heavy atom. The Balaban J connectivity index is 2.32. The summed E-state index contributed by atoms with van der Waals surface area (Å²) in [5.41, 5.74) is 0.970. The summed E-state index contributed by atoms with van der Waals surface area (Å²) in [6.45, 7) is 3.11. The van der Waals surface area contributed by atoms with Gasteiger partial charge in [0.1, 0.15) is 5.58 Å². The molecule has 0 radical (unpaired) electrons. The third-order valence-electron chi connectivity index (χ3n) is 4.42. The van der Waals surface area contributed by atoms with Crippen molar-refractivity contribution in [3.05, 3.63) is 51.1 Å². The van der Waals surface area contributed by atoms with Crippen LogP contribution in [-0.2, 0) is 4.79 Å². The highest BCUT2D eigenvalue weighted by Gasteiger charge is 2.24. The number of carboxylic acids is 1. The normalized spacial score (nSPS) is 11.9. The molecule has 2 aromatic carbocycles. The number of methoxy groups -OCH3 is 2. The molecule has 0 aliphatic carbocycles. The summed E-state index contributed by atoms with van der Waals surface area (Å²) in [6.07, 6.45) is -1.27. The monoisotopic (exact) mass is 418 g/mol. The third-order valence-corrected chi connectivity index (χ3v) is 4.83. The van der Waals surface area contributed by atoms with E-state index in [9.17, 15) is 14.7 Å². The lowest BCUT2D eigenvalue weighted by atomic mass is 10.1. The van der Waals surface area contributed by atoms with E-state index in [1.54, 1.807) is 31.2 Å². The molecule has 1 unspecified atom stereocenters. The van der Waals surface area contributed by atoms with Gasteiger partial charge in [0, 0.05) is 10.6 Å². The summed E-state index contributed by atoms with van der Waals surface area (Å²) in [6, 6.07) is 8.05. The largest absolute Gasteiger partial charge is 0.493 e. The molecule has 0 saturated heterocycles. The number of carbonyl (C=O) groups is 1. The van der Waals surface area contributed by atoms with Gasteiger partial charge < -0.3 is 23.7 Å². The summed E-state index contributed by atoms with van der Waals surface area (Å²) in [7, 11) is 2.98. The summed E-state index contributed by atoms with van der Waals surface area (Å²) in [5.74, 6) is -0.455. The number of carboxylic acid groups (broad SMARTS) is 1. The van der Waals surface area contributed by atoms with Gasteiger partial charge in [0.05, 0.1) is 19.6 Å². The van der Waals surface area contributed by atoms with Gasteiger partial charge in [0.25, 0.3) is 0 Å². The Morgan fingerprint density at radius 1 is 1.14 bits per heavy atom. The zero-order valence-electron chi connectivity index (χ0n) is 16.2. The van der Waals surface area contributed by atoms with Gasteiger partial charge in [-0.2, -0.15) is 0 Å². The quantitative estimate of drug-likeness (QED) is 0.637. The minimum absolute atomic E-state index is 0.0817. The van der Waals surface area contributed by atoms with Crippen LogP contribution in [0.25, 0.3) is 22.3 Å². The van der Waals surface area contributed by atoms with Gasteiger partial charge in [-0.15, -0.1) is 0 Å². The van der Waals surface area contributed by atoms with E-state index in [4.69, 9.17) is 30.2 Å². The predicted molar refractivity (Wildman–Crippen MR) is 108 cm³/mol. The Morgan fingerprint density at radius 2 is 1.83 bits per heavy atom. The molecule has 1 atom stereocenters. The SMILES string of the molecule is COc1ccc(-c2oc3cc(C)c(Cl)cc3c(=O)c2OC(C)C(=O)O)cc1OC. The smallest absolute Gasteiger partial charge is 0.344 e. The molecule has 3 rings (SSSR count). The van der Waals surface area contributed by atoms with E-state index in [-0.39, 0.29) is 16.9 Å². The van der Waals surface area contributed by atoms with Gasteiger partial charge in [0.15, 0.2) is 23.4 Å². The summed E-state index contributed by atoms with van der Waals surface area (Å²) in [4.78, 5) is 24.4. The average molecular weight is 419 g/mol. The molecular formula is C21H19ClO7. The van der Waals surface area contributed by atoms with Gasteiger partial charge in [-0.25, -0.2) is 4.79 Å². The molecule has 1 heterocycles. The lowest BCUT2D eigenvalue weighted by molar-refractivity contribution is -0.144. The number of ether oxygens (including phenoxy) is 3. The molecule has 0 bridgehead atoms. The predicted octanol–water partition coefficient (Wildman–Crippen LogP) is 4.29. The van der Waals surface area contributed by atoms with Gasteiger partial charge in [-0.3, -0.25) is 4.79 Å². The average Bonchev–Trinajstić information content (AvgIpc) is 2.70. The number of fused-ring (bicyclic) bond motifs is 1. The zero-order chi connectivity index (χ0) is 21.3. The standard InChI is InChI=1S/C21H19ClO7/c1-10-7-16-13(9-14(10)22)18(23)20(28-11(2)21(24)25)19(29-16)12-5-6-15(26-3)17(8-12)27-4/h5-9,11H,1-4H3,(H,24,25). The van der Waals surface area contributed by atoms with E-state index >= 15 is 0 Å². The van der Waals surface area contributed by atoms with Crippen molar-refractivity contribution in [1.82, 2.24) is 0 Å². The van der Waals surface area contributed by atoms with E-state index in [1.165, 1.54) is 27.2 Å². The highest BCUT2D eigenvalue weighted by atomic mass is 35.5. The van der Waals surface area contributed by atoms with Crippen molar-refractivity contribution >= 4 is 28.5 Å². The minimum atomic E-state index is -1.27. The first-order valence-corrected chi connectivity index (χ1v) is 9.03. The number of benzene rings is 2. The van der Waals surface area contributed by atoms with E-state index in [1.807, 2.05) is 0 Å². The molecule has 8 heteroatoms. The summed E-state index contributed by atoms with van der Waals surface area (Å²) >= 11 is 6.15. The molecule has 1 N–H and O–H groups in total. The Kier molecular flexibility index (Phi) is 5.70. The van der Waals surface area contributed by atoms with Crippen molar-refractivity contribution in [1.29, 1.82) is 0 Å². The van der Waals surface area contributed by atoms with E-state index < -0.39 is 17.5 Å². The number of aryl methyl sites for hydroxylation is 1. The van der Waals surface area contributed by atoms with Crippen LogP contribution < -0.4 is 19.6 Å². The molecule has 0 spiro atoms. The van der Waals surface area contributed by atoms with Crippen molar-refractivity contribution in [3.63, 3.8) is 0 Å². The lowest BCUT2D eigenvalue weighted by Crippen LogP contribution is -2.26. The Bertz CT molecular complexity index is 1150. The van der Waals surface area contributed by atoms with E-state index in [0.29, 0.717) is 27.7 Å². The topological polar surface area (TPSA) is 95.2 Å². The van der Waals surface area contributed by atoms with Crippen LogP contribution in [0, 0.1) is 6.92 Å². The van der Waals surface area contributed by atoms with Crippen LogP contribution in [0.5, 0.6) is 17.2 Å². The molecule has 1 aromatic heterocycles. The second kappa shape index (κ2) is 8.05. The molecule has 7 nitrogen and oxygen atoms in total. The van der Waals surface area contributed by atoms with Crippen molar-refractivity contribution in [2.24, 2.45) is 0 Å². The first kappa shape index (κ1) is 20.5. The minimum Gasteiger partial charge on any atom is -0.493 e. The number of rotatable bonds is 6. The fourth-order valence-electron chi connectivity index (χ4n) is 2.80. The first-order chi connectivity index (χ1) is 13.8. The van der Waals surface area contributed by atoms with Crippen LogP contribution in [0.1, 0.15) is 12.5 Å². The van der Waals surface area contributed by atoms with Crippen LogP contribution in [0.4, 0.5) is 0 Å². The van der Waals surface area contributed by atoms with Crippen LogP contribution in [0.3, 0.4) is 0 Å². The lowest BCUT2D eigenvalue weighted by Gasteiger charge is -2.15. The number of aliphatic carboxylic acids is 1. The summed E-state index contributed by atoms with van der Waals surface area (Å²) < 4.78 is 22.0. The van der Waals surface area contributed by atoms with E-state index in [2.05, 4.69) is 0 Å². The number of hydrogen-bond acceptors (Lipinski definition) is 6. The maximum absolute atomic E-state index is 13.1. The van der Waals surface area contributed by atoms with Crippen molar-refractivity contribution < 1.29 is 28.5 Å². The maximum atomic E-state index is 13.1. The van der Waals surface area contributed by atoms with Gasteiger partial charge >= 0.3 is 5.97 Å². The maximum Gasteiger partial charge on any atom is 0.344 e. The van der Waals surface area contributed by atoms with Crippen LogP contribution in [0.2, 0.25) is 5.02 Å². The Hall–Kier alpha value is -3.19. The second-order valence-electron chi connectivity index (χ2n) is 6.36. The fraction of sp³-hybridized carbons (Fsp3) is 0.238. The van der Waals surface area contributed by atoms with Gasteiger partial charge in [-0.1, -0.05) is 11.6 Å². The zero-order valence-corrected chi connectivity index (χ0v) is 17.0. The number of hydrogen-bond donors (Lipinski definition) is 1. The molecule has 29 heavy (non-hydrogen) atoms. The highest BCUT2D eigenvalue weighted by molar-refractivity contribution is 6.32. The molecule has 152 valence electrons. The molecule has 0 fully saturated rings.